The number of rotatable bonds is 0. The normalized spacial score (nSPS) is 18.2. The lowest BCUT2D eigenvalue weighted by molar-refractivity contribution is 0.861. The van der Waals surface area contributed by atoms with E-state index in [0.717, 1.165) is 11.1 Å². The zero-order valence-corrected chi connectivity index (χ0v) is 9.27. The number of benzene rings is 1. The van der Waals surface area contributed by atoms with Gasteiger partial charge in [-0.25, -0.2) is 0 Å². The Balaban J connectivity index is 2.28. The molecule has 0 bridgehead atoms. The van der Waals surface area contributed by atoms with Crippen molar-refractivity contribution in [1.82, 2.24) is 0 Å². The van der Waals surface area contributed by atoms with Gasteiger partial charge in [0.1, 0.15) is 5.41 Å². The van der Waals surface area contributed by atoms with Gasteiger partial charge < -0.3 is 0 Å². The molecule has 0 fully saturated rings. The molecule has 0 N–H and O–H groups in total. The number of allylic oxidation sites excluding steroid dienone is 5. The van der Waals surface area contributed by atoms with Crippen molar-refractivity contribution in [2.75, 3.05) is 0 Å². The van der Waals surface area contributed by atoms with E-state index in [2.05, 4.69) is 36.1 Å². The average Bonchev–Trinajstić information content (AvgIpc) is 2.77. The summed E-state index contributed by atoms with van der Waals surface area (Å²) in [5.41, 5.74) is 3.91. The standard InChI is InChI=1S/C17H10/c1-3-17(4-2)11-7-10-15-14-9-6-5-8-13(14)12-16(15)17/h1-2,5-12H. The van der Waals surface area contributed by atoms with Gasteiger partial charge in [-0.1, -0.05) is 54.3 Å². The summed E-state index contributed by atoms with van der Waals surface area (Å²) in [6.45, 7) is 0. The molecule has 0 unspecified atom stereocenters. The summed E-state index contributed by atoms with van der Waals surface area (Å²) >= 11 is 0. The quantitative estimate of drug-likeness (QED) is 0.581. The third-order valence-electron chi connectivity index (χ3n) is 3.33. The lowest BCUT2D eigenvalue weighted by atomic mass is 9.75. The second-order valence-corrected chi connectivity index (χ2v) is 4.18. The number of hydrogen-bond donors (Lipinski definition) is 0. The highest BCUT2D eigenvalue weighted by Crippen LogP contribution is 2.47. The topological polar surface area (TPSA) is 0 Å². The summed E-state index contributed by atoms with van der Waals surface area (Å²) in [7, 11) is 0. The van der Waals surface area contributed by atoms with Crippen molar-refractivity contribution in [3.05, 3.63) is 59.2 Å². The molecule has 3 rings (SSSR count). The minimum absolute atomic E-state index is 0.691. The van der Waals surface area contributed by atoms with E-state index in [4.69, 9.17) is 12.8 Å². The van der Waals surface area contributed by atoms with E-state index in [-0.39, 0.29) is 0 Å². The first-order valence-electron chi connectivity index (χ1n) is 5.48. The van der Waals surface area contributed by atoms with Gasteiger partial charge in [-0.15, -0.1) is 12.8 Å². The molecule has 0 saturated heterocycles. The van der Waals surface area contributed by atoms with Gasteiger partial charge in [0.25, 0.3) is 0 Å². The molecule has 0 nitrogen and oxygen atoms in total. The van der Waals surface area contributed by atoms with Crippen LogP contribution in [0.15, 0.2) is 48.1 Å². The molecule has 0 spiro atoms. The molecule has 2 aliphatic rings. The third-order valence-corrected chi connectivity index (χ3v) is 3.33. The largest absolute Gasteiger partial charge is 0.135 e. The Morgan fingerprint density at radius 3 is 2.59 bits per heavy atom. The smallest absolute Gasteiger partial charge is 0.118 e. The minimum Gasteiger partial charge on any atom is -0.118 e. The van der Waals surface area contributed by atoms with Crippen molar-refractivity contribution in [3.8, 4) is 24.7 Å². The molecule has 2 aliphatic carbocycles. The van der Waals surface area contributed by atoms with Crippen LogP contribution in [0.5, 0.6) is 0 Å². The van der Waals surface area contributed by atoms with Crippen LogP contribution in [0.4, 0.5) is 0 Å². The fourth-order valence-corrected chi connectivity index (χ4v) is 2.42. The summed E-state index contributed by atoms with van der Waals surface area (Å²) in [5, 5.41) is 0. The van der Waals surface area contributed by atoms with Crippen LogP contribution in [-0.2, 0) is 0 Å². The second kappa shape index (κ2) is 3.27. The Bertz CT molecular complexity index is 653. The van der Waals surface area contributed by atoms with Crippen LogP contribution >= 0.6 is 0 Å². The van der Waals surface area contributed by atoms with Crippen LogP contribution in [0.2, 0.25) is 0 Å². The van der Waals surface area contributed by atoms with Gasteiger partial charge in [0.2, 0.25) is 0 Å². The van der Waals surface area contributed by atoms with Crippen LogP contribution in [0.1, 0.15) is 11.1 Å². The Kier molecular flexibility index (Phi) is 1.88. The van der Waals surface area contributed by atoms with Crippen LogP contribution in [0.25, 0.3) is 11.6 Å². The summed E-state index contributed by atoms with van der Waals surface area (Å²) in [6, 6.07) is 8.23. The number of terminal acetylenes is 2. The second-order valence-electron chi connectivity index (χ2n) is 4.18. The molecule has 0 aromatic heterocycles. The maximum Gasteiger partial charge on any atom is 0.135 e. The summed E-state index contributed by atoms with van der Waals surface area (Å²) < 4.78 is 0. The number of hydrogen-bond acceptors (Lipinski definition) is 0. The van der Waals surface area contributed by atoms with Crippen LogP contribution in [0, 0.1) is 30.1 Å². The maximum absolute atomic E-state index is 5.63. The molecule has 78 valence electrons. The van der Waals surface area contributed by atoms with Gasteiger partial charge in [0.15, 0.2) is 0 Å². The van der Waals surface area contributed by atoms with Gasteiger partial charge in [-0.2, -0.15) is 0 Å². The predicted octanol–water partition coefficient (Wildman–Crippen LogP) is 3.29. The predicted molar refractivity (Wildman–Crippen MR) is 71.6 cm³/mol. The van der Waals surface area contributed by atoms with Crippen molar-refractivity contribution >= 4 is 11.6 Å². The molecule has 0 aliphatic heterocycles. The van der Waals surface area contributed by atoms with E-state index in [9.17, 15) is 0 Å². The van der Waals surface area contributed by atoms with E-state index >= 15 is 0 Å². The van der Waals surface area contributed by atoms with E-state index in [0.29, 0.717) is 0 Å². The third kappa shape index (κ3) is 1.16. The fraction of sp³-hybridized carbons (Fsp3) is 0.0588. The van der Waals surface area contributed by atoms with Crippen LogP contribution in [0.3, 0.4) is 0 Å². The first-order chi connectivity index (χ1) is 8.30. The van der Waals surface area contributed by atoms with Gasteiger partial charge >= 0.3 is 0 Å². The van der Waals surface area contributed by atoms with E-state index in [1.807, 2.05) is 24.3 Å². The first-order valence-corrected chi connectivity index (χ1v) is 5.48. The molecule has 17 heavy (non-hydrogen) atoms. The first kappa shape index (κ1) is 9.76. The summed E-state index contributed by atoms with van der Waals surface area (Å²) in [5.74, 6) is 5.48. The lowest BCUT2D eigenvalue weighted by Gasteiger charge is -2.24. The van der Waals surface area contributed by atoms with Gasteiger partial charge in [-0.3, -0.25) is 0 Å². The Labute approximate surface area is 101 Å². The molecule has 1 aromatic rings. The summed E-state index contributed by atoms with van der Waals surface area (Å²) in [6.07, 6.45) is 19.3. The van der Waals surface area contributed by atoms with Gasteiger partial charge in [-0.05, 0) is 28.3 Å². The molecule has 0 saturated carbocycles. The Morgan fingerprint density at radius 2 is 1.82 bits per heavy atom. The molecule has 0 heteroatoms. The Morgan fingerprint density at radius 1 is 1.06 bits per heavy atom. The SMILES string of the molecule is C#CC1(C#C)C=CC=C2C1=Cc1ccccc12. The molecule has 0 amide bonds. The molecular weight excluding hydrogens is 204 g/mol. The van der Waals surface area contributed by atoms with Gasteiger partial charge in [0, 0.05) is 0 Å². The zero-order valence-electron chi connectivity index (χ0n) is 9.27. The monoisotopic (exact) mass is 214 g/mol. The van der Waals surface area contributed by atoms with Crippen molar-refractivity contribution in [2.24, 2.45) is 5.41 Å². The van der Waals surface area contributed by atoms with Crippen molar-refractivity contribution < 1.29 is 0 Å². The van der Waals surface area contributed by atoms with Crippen LogP contribution in [-0.4, -0.2) is 0 Å². The highest BCUT2D eigenvalue weighted by Gasteiger charge is 2.35. The van der Waals surface area contributed by atoms with Crippen molar-refractivity contribution in [2.45, 2.75) is 0 Å². The van der Waals surface area contributed by atoms with E-state index < -0.39 is 5.41 Å². The molecule has 0 radical (unpaired) electrons. The lowest BCUT2D eigenvalue weighted by Crippen LogP contribution is -2.17. The van der Waals surface area contributed by atoms with E-state index in [1.165, 1.54) is 11.1 Å². The fourth-order valence-electron chi connectivity index (χ4n) is 2.42. The van der Waals surface area contributed by atoms with E-state index in [1.54, 1.807) is 0 Å². The molecule has 0 atom stereocenters. The molecule has 0 heterocycles. The zero-order chi connectivity index (χ0) is 11.9. The maximum atomic E-state index is 5.63. The average molecular weight is 214 g/mol. The minimum atomic E-state index is -0.691. The van der Waals surface area contributed by atoms with Crippen LogP contribution < -0.4 is 0 Å². The number of fused-ring (bicyclic) bond motifs is 3. The van der Waals surface area contributed by atoms with Crippen molar-refractivity contribution in [3.63, 3.8) is 0 Å². The van der Waals surface area contributed by atoms with Crippen molar-refractivity contribution in [1.29, 1.82) is 0 Å². The molecular formula is C17H10. The molecule has 1 aromatic carbocycles. The highest BCUT2D eigenvalue weighted by molar-refractivity contribution is 5.99. The van der Waals surface area contributed by atoms with Gasteiger partial charge in [0.05, 0.1) is 0 Å². The Hall–Kier alpha value is -2.44. The highest BCUT2D eigenvalue weighted by atomic mass is 14.3. The summed E-state index contributed by atoms with van der Waals surface area (Å²) in [4.78, 5) is 0.